The van der Waals surface area contributed by atoms with Crippen molar-refractivity contribution in [3.05, 3.63) is 5.32 Å². The molecule has 0 aromatic carbocycles. The van der Waals surface area contributed by atoms with Gasteiger partial charge in [0.1, 0.15) is 0 Å². The van der Waals surface area contributed by atoms with E-state index in [1.807, 2.05) is 0 Å². The number of thiocarbonyl (C=S) groups is 1. The molecule has 0 amide bonds. The molecule has 0 rings (SSSR count). The van der Waals surface area contributed by atoms with Crippen LogP contribution in [0.15, 0.2) is 0 Å². The first-order chi connectivity index (χ1) is 5.77. The van der Waals surface area contributed by atoms with E-state index < -0.39 is 0 Å². The second kappa shape index (κ2) is 19.3. The molecule has 0 aliphatic rings. The average Bonchev–Trinajstić information content (AvgIpc) is 2.07. The molecule has 0 aliphatic carbocycles. The normalized spacial score (nSPS) is 7.46. The fourth-order valence-corrected chi connectivity index (χ4v) is 0.891. The molecule has 13 heavy (non-hydrogen) atoms. The Morgan fingerprint density at radius 3 is 2.23 bits per heavy atom. The fourth-order valence-electron chi connectivity index (χ4n) is 0.709. The Kier molecular flexibility index (Phi) is 29.9. The van der Waals surface area contributed by atoms with E-state index in [0.29, 0.717) is 4.32 Å². The number of hydrogen-bond donors (Lipinski definition) is 0. The molecule has 0 radical (unpaired) electrons. The average molecular weight is 399 g/mol. The standard InChI is InChI=1S/C7H15NS2.2Mo.S/c1-2-3-4-5-6-8-7(9)10;;;/h2-6H2,1H3,(H2,8,9,10);;;/p-2. The van der Waals surface area contributed by atoms with Crippen molar-refractivity contribution in [2.75, 3.05) is 6.54 Å². The van der Waals surface area contributed by atoms with E-state index in [1.54, 1.807) is 0 Å². The second-order valence-electron chi connectivity index (χ2n) is 2.21. The van der Waals surface area contributed by atoms with Gasteiger partial charge in [-0.3, -0.25) is 4.32 Å². The zero-order chi connectivity index (χ0) is 9.82. The van der Waals surface area contributed by atoms with E-state index in [4.69, 9.17) is 0 Å². The van der Waals surface area contributed by atoms with Crippen molar-refractivity contribution in [3.63, 3.8) is 0 Å². The van der Waals surface area contributed by atoms with Crippen LogP contribution < -0.4 is 0 Å². The van der Waals surface area contributed by atoms with Gasteiger partial charge in [-0.1, -0.05) is 32.6 Å². The molecule has 0 unspecified atom stereocenters. The van der Waals surface area contributed by atoms with Crippen LogP contribution in [0.4, 0.5) is 0 Å². The molecule has 0 aromatic heterocycles. The SMILES string of the molecule is CCCCCC[N-]C(=S)[S-].[Mo].[S]=[Mo]. The topological polar surface area (TPSA) is 14.1 Å². The Bertz CT molecular complexity index is 114. The Hall–Kier alpha value is 1.71. The third-order valence-electron chi connectivity index (χ3n) is 1.25. The molecular formula is C7H13Mo2NS3-2. The van der Waals surface area contributed by atoms with Crippen molar-refractivity contribution in [1.82, 2.24) is 0 Å². The van der Waals surface area contributed by atoms with Gasteiger partial charge < -0.3 is 30.2 Å². The molecule has 0 aromatic rings. The minimum atomic E-state index is 0. The number of unbranched alkanes of at least 4 members (excludes halogenated alkanes) is 3. The first-order valence-electron chi connectivity index (χ1n) is 3.82. The fraction of sp³-hybridized carbons (Fsp3) is 0.857. The van der Waals surface area contributed by atoms with Gasteiger partial charge in [-0.25, -0.2) is 0 Å². The molecule has 0 saturated carbocycles. The van der Waals surface area contributed by atoms with Crippen LogP contribution in [0.2, 0.25) is 0 Å². The van der Waals surface area contributed by atoms with Crippen LogP contribution in [0.25, 0.3) is 5.32 Å². The quantitative estimate of drug-likeness (QED) is 0.305. The van der Waals surface area contributed by atoms with Crippen molar-refractivity contribution in [2.24, 2.45) is 0 Å². The van der Waals surface area contributed by atoms with Gasteiger partial charge >= 0.3 is 27.8 Å². The van der Waals surface area contributed by atoms with Crippen LogP contribution in [0.5, 0.6) is 0 Å². The Morgan fingerprint density at radius 2 is 1.85 bits per heavy atom. The van der Waals surface area contributed by atoms with Crippen LogP contribution in [0, 0.1) is 0 Å². The van der Waals surface area contributed by atoms with Gasteiger partial charge in [0.25, 0.3) is 0 Å². The molecule has 0 spiro atoms. The van der Waals surface area contributed by atoms with Crippen LogP contribution in [0.1, 0.15) is 32.6 Å². The monoisotopic (exact) mass is 403 g/mol. The van der Waals surface area contributed by atoms with E-state index in [1.165, 1.54) is 37.3 Å². The van der Waals surface area contributed by atoms with Gasteiger partial charge in [-0.15, -0.1) is 6.54 Å². The second-order valence-corrected chi connectivity index (χ2v) is 3.24. The van der Waals surface area contributed by atoms with Gasteiger partial charge in [0.05, 0.1) is 0 Å². The summed E-state index contributed by atoms with van der Waals surface area (Å²) in [5.41, 5.74) is 0. The van der Waals surface area contributed by atoms with Crippen LogP contribution in [-0.4, -0.2) is 10.9 Å². The molecule has 1 nitrogen and oxygen atoms in total. The summed E-state index contributed by atoms with van der Waals surface area (Å²) < 4.78 is 0.372. The van der Waals surface area contributed by atoms with Gasteiger partial charge in [0.2, 0.25) is 0 Å². The van der Waals surface area contributed by atoms with Crippen molar-refractivity contribution >= 4 is 39.0 Å². The van der Waals surface area contributed by atoms with E-state index in [9.17, 15) is 0 Å². The number of nitrogens with zero attached hydrogens (tertiary/aromatic N) is 1. The summed E-state index contributed by atoms with van der Waals surface area (Å²) in [6.07, 6.45) is 4.93. The first-order valence-corrected chi connectivity index (χ1v) is 7.43. The first kappa shape index (κ1) is 20.2. The third-order valence-corrected chi connectivity index (χ3v) is 1.51. The maximum atomic E-state index is 4.62. The molecule has 0 atom stereocenters. The number of hydrogen-bond acceptors (Lipinski definition) is 3. The summed E-state index contributed by atoms with van der Waals surface area (Å²) in [5, 5.41) is 3.94. The molecule has 0 saturated heterocycles. The Balaban J connectivity index is -0.000000309. The summed E-state index contributed by atoms with van der Waals surface area (Å²) in [6.45, 7) is 3.01. The van der Waals surface area contributed by atoms with Gasteiger partial charge in [-0.2, -0.15) is 0 Å². The van der Waals surface area contributed by atoms with Crippen molar-refractivity contribution in [2.45, 2.75) is 32.6 Å². The summed E-state index contributed by atoms with van der Waals surface area (Å²) in [6, 6.07) is 0. The van der Waals surface area contributed by atoms with Crippen LogP contribution in [-0.2, 0) is 51.7 Å². The molecule has 0 bridgehead atoms. The maximum absolute atomic E-state index is 4.62. The van der Waals surface area contributed by atoms with Gasteiger partial charge in [0, 0.05) is 21.1 Å². The summed E-state index contributed by atoms with van der Waals surface area (Å²) >= 11 is 10.8. The molecular weight excluding hydrogens is 386 g/mol. The molecule has 0 N–H and O–H groups in total. The molecule has 0 aliphatic heterocycles. The van der Waals surface area contributed by atoms with Gasteiger partial charge in [-0.05, 0) is 0 Å². The summed E-state index contributed by atoms with van der Waals surface area (Å²) in [5.74, 6) is 0. The Morgan fingerprint density at radius 1 is 1.31 bits per heavy atom. The van der Waals surface area contributed by atoms with E-state index in [-0.39, 0.29) is 21.1 Å². The molecule has 0 fully saturated rings. The molecule has 78 valence electrons. The minimum absolute atomic E-state index is 0. The zero-order valence-corrected chi connectivity index (χ0v) is 14.0. The summed E-state index contributed by atoms with van der Waals surface area (Å²) in [4.78, 5) is 0. The van der Waals surface area contributed by atoms with E-state index in [2.05, 4.69) is 46.9 Å². The van der Waals surface area contributed by atoms with E-state index in [0.717, 1.165) is 13.0 Å². The van der Waals surface area contributed by atoms with Gasteiger partial charge in [0.15, 0.2) is 0 Å². The predicted molar refractivity (Wildman–Crippen MR) is 59.9 cm³/mol. The van der Waals surface area contributed by atoms with E-state index >= 15 is 0 Å². The van der Waals surface area contributed by atoms with Crippen molar-refractivity contribution in [1.29, 1.82) is 0 Å². The Labute approximate surface area is 121 Å². The third kappa shape index (κ3) is 24.8. The van der Waals surface area contributed by atoms with Crippen molar-refractivity contribution < 1.29 is 39.1 Å². The van der Waals surface area contributed by atoms with Crippen LogP contribution in [0.3, 0.4) is 0 Å². The zero-order valence-electron chi connectivity index (χ0n) is 7.52. The predicted octanol–water partition coefficient (Wildman–Crippen LogP) is 3.42. The molecule has 6 heteroatoms. The summed E-state index contributed by atoms with van der Waals surface area (Å²) in [7, 11) is 4.09. The molecule has 0 heterocycles. The number of rotatable bonds is 5. The van der Waals surface area contributed by atoms with Crippen LogP contribution >= 0.6 is 22.0 Å². The van der Waals surface area contributed by atoms with Crippen molar-refractivity contribution in [3.8, 4) is 0 Å².